The van der Waals surface area contributed by atoms with Crippen molar-refractivity contribution in [3.05, 3.63) is 0 Å². The summed E-state index contributed by atoms with van der Waals surface area (Å²) in [6.07, 6.45) is -93.6. The van der Waals surface area contributed by atoms with E-state index in [1.165, 1.54) is 0 Å². The Bertz CT molecular complexity index is 3450. The molecule has 9 fully saturated rings. The number of aliphatic carboxylic acids is 2. The average Bonchev–Trinajstić information content (AvgIpc) is 0.759. The zero-order valence-electron chi connectivity index (χ0n) is 66.1. The van der Waals surface area contributed by atoms with Gasteiger partial charge in [0, 0.05) is 40.5 Å². The van der Waals surface area contributed by atoms with E-state index in [9.17, 15) is 177 Å². The van der Waals surface area contributed by atoms with Gasteiger partial charge in [-0.05, 0) is 0 Å². The molecule has 47 atom stereocenters. The first-order valence-corrected chi connectivity index (χ1v) is 38.9. The Balaban J connectivity index is 0.919. The third-order valence-electron chi connectivity index (χ3n) is 22.3. The Morgan fingerprint density at radius 2 is 0.637 bits per heavy atom. The minimum absolute atomic E-state index is 0.873. The highest BCUT2D eigenvalue weighted by molar-refractivity contribution is 5.78. The fourth-order valence-electron chi connectivity index (χ4n) is 15.9. The molecule has 0 saturated carbocycles. The van der Waals surface area contributed by atoms with E-state index < -0.39 is 395 Å². The summed E-state index contributed by atoms with van der Waals surface area (Å²) in [5, 5.41) is 330. The third-order valence-corrected chi connectivity index (χ3v) is 22.3. The predicted octanol–water partition coefficient (Wildman–Crippen LogP) is -21.6. The Morgan fingerprint density at radius 3 is 0.984 bits per heavy atom. The van der Waals surface area contributed by atoms with Gasteiger partial charge < -0.3 is 250 Å². The molecule has 0 radical (unpaired) electrons. The lowest BCUT2D eigenvalue weighted by molar-refractivity contribution is -0.396. The molecule has 33 N–H and O–H groups in total. The molecule has 9 rings (SSSR count). The maximum absolute atomic E-state index is 13.2. The maximum atomic E-state index is 13.2. The molecule has 0 aromatic heterocycles. The van der Waals surface area contributed by atoms with Crippen LogP contribution >= 0.6 is 0 Å². The van der Waals surface area contributed by atoms with E-state index in [2.05, 4.69) is 21.3 Å². The number of hydrogen-bond acceptors (Lipinski definition) is 50. The van der Waals surface area contributed by atoms with Gasteiger partial charge in [0.2, 0.25) is 23.6 Å². The van der Waals surface area contributed by atoms with Crippen LogP contribution < -0.4 is 21.3 Å². The fraction of sp³-hybridized carbons (Fsp3) is 0.912. The van der Waals surface area contributed by atoms with E-state index in [0.717, 1.165) is 27.7 Å². The molecule has 9 saturated heterocycles. The third kappa shape index (κ3) is 22.3. The fourth-order valence-corrected chi connectivity index (χ4v) is 15.9. The van der Waals surface area contributed by atoms with Gasteiger partial charge in [-0.3, -0.25) is 19.2 Å². The highest BCUT2D eigenvalue weighted by Crippen LogP contribution is 2.43. The summed E-state index contributed by atoms with van der Waals surface area (Å²) >= 11 is 0. The molecule has 56 heteroatoms. The molecule has 0 aromatic rings. The van der Waals surface area contributed by atoms with Crippen molar-refractivity contribution in [2.45, 2.75) is 328 Å². The number of carboxylic acids is 2. The van der Waals surface area contributed by atoms with Crippen molar-refractivity contribution in [3.63, 3.8) is 0 Å². The quantitative estimate of drug-likeness (QED) is 0.0280. The van der Waals surface area contributed by atoms with Gasteiger partial charge in [0.15, 0.2) is 44.0 Å². The van der Waals surface area contributed by atoms with Crippen molar-refractivity contribution < 1.29 is 257 Å². The number of rotatable bonds is 35. The number of ether oxygens (including phenoxy) is 17. The monoisotopic (exact) mass is 1820 g/mol. The van der Waals surface area contributed by atoms with Gasteiger partial charge in [-0.2, -0.15) is 0 Å². The smallest absolute Gasteiger partial charge is 0.364 e. The average molecular weight is 1820 g/mol. The lowest BCUT2D eigenvalue weighted by Gasteiger charge is -2.51. The molecule has 0 bridgehead atoms. The zero-order chi connectivity index (χ0) is 92.1. The number of carbonyl (C=O) groups is 6. The highest BCUT2D eigenvalue weighted by atomic mass is 16.8. The molecule has 0 aliphatic carbocycles. The topological polar surface area (TPSA) is 894 Å². The summed E-state index contributed by atoms with van der Waals surface area (Å²) in [7, 11) is 0. The summed E-state index contributed by atoms with van der Waals surface area (Å²) < 4.78 is 98.8. The van der Waals surface area contributed by atoms with Crippen LogP contribution in [0.4, 0.5) is 0 Å². The van der Waals surface area contributed by atoms with Crippen molar-refractivity contribution >= 4 is 35.6 Å². The van der Waals surface area contributed by atoms with E-state index in [1.807, 2.05) is 0 Å². The molecule has 56 nitrogen and oxygen atoms in total. The van der Waals surface area contributed by atoms with Crippen molar-refractivity contribution in [2.24, 2.45) is 0 Å². The lowest BCUT2D eigenvalue weighted by Crippen LogP contribution is -2.71. The minimum Gasteiger partial charge on any atom is -0.477 e. The summed E-state index contributed by atoms with van der Waals surface area (Å²) in [4.78, 5) is 76.7. The van der Waals surface area contributed by atoms with Crippen molar-refractivity contribution in [3.8, 4) is 0 Å². The Morgan fingerprint density at radius 1 is 0.331 bits per heavy atom. The van der Waals surface area contributed by atoms with Crippen LogP contribution in [-0.2, 0) is 109 Å². The summed E-state index contributed by atoms with van der Waals surface area (Å²) in [5.41, 5.74) is 0. The number of amides is 4. The largest absolute Gasteiger partial charge is 0.477 e. The SMILES string of the molecule is CC(=O)N[C@H]1[C@H](O[C@@H]2[C@@H](OC[C@H]3OC(O)[C@@H](O)[C@@H](O[C@H]4O[C@H](CO)[C@@H](O)[C@H](O)[C@@H]4O[C@@H]4O[C@H](CO)[C@@H](O[C@@H]5O[C@H](CO)[C@H](O)[C@H](O[C@]6(C(=O)O)C[C@H](O)[C@@H](NC(C)=O)[C@H]([C@H](O)[C@H](O)CO)O6)[C@H]5O)[C@H](O)[C@H]4NC(C)=O)[C@@H]3O)O[C@H](CO)[C@@H](O)[C@@H]2O)O[C@H](CO)[C@@H](O[C@@H]2O[C@H](CO)[C@H](O)[C@H](O[C@]3(C(=O)O)C[C@H](O)[C@@H](NC(C)=O)[C@H]([C@H](O)[C@H](O)CO)O3)[C@H]2O)[C@@H]1O. The first-order valence-electron chi connectivity index (χ1n) is 38.9. The van der Waals surface area contributed by atoms with Crippen LogP contribution in [0.15, 0.2) is 0 Å². The van der Waals surface area contributed by atoms with Crippen LogP contribution in [0.3, 0.4) is 0 Å². The number of carbonyl (C=O) groups excluding carboxylic acids is 4. The van der Waals surface area contributed by atoms with Gasteiger partial charge in [-0.25, -0.2) is 9.59 Å². The number of aliphatic hydroxyl groups excluding tert-OH is 27. The summed E-state index contributed by atoms with van der Waals surface area (Å²) in [6.45, 7) is -7.07. The molecule has 124 heavy (non-hydrogen) atoms. The van der Waals surface area contributed by atoms with Crippen molar-refractivity contribution in [1.82, 2.24) is 21.3 Å². The van der Waals surface area contributed by atoms with Gasteiger partial charge in [0.05, 0.1) is 83.8 Å². The molecule has 716 valence electrons. The molecule has 4 amide bonds. The van der Waals surface area contributed by atoms with Crippen LogP contribution in [0.2, 0.25) is 0 Å². The summed E-state index contributed by atoms with van der Waals surface area (Å²) in [5.74, 6) is -14.6. The van der Waals surface area contributed by atoms with Crippen LogP contribution in [0.1, 0.15) is 40.5 Å². The second-order valence-electron chi connectivity index (χ2n) is 31.0. The minimum atomic E-state index is -3.29. The van der Waals surface area contributed by atoms with E-state index >= 15 is 0 Å². The van der Waals surface area contributed by atoms with Crippen LogP contribution in [0.25, 0.3) is 0 Å². The normalized spacial score (nSPS) is 46.3. The molecule has 1 unspecified atom stereocenters. The van der Waals surface area contributed by atoms with Gasteiger partial charge in [-0.1, -0.05) is 0 Å². The Kier molecular flexibility index (Phi) is 36.4. The summed E-state index contributed by atoms with van der Waals surface area (Å²) in [6, 6.07) is -7.56. The second kappa shape index (κ2) is 43.9. The number of hydrogen-bond donors (Lipinski definition) is 33. The van der Waals surface area contributed by atoms with Gasteiger partial charge in [-0.15, -0.1) is 0 Å². The number of nitrogens with one attached hydrogen (secondary N) is 4. The van der Waals surface area contributed by atoms with E-state index in [0.29, 0.717) is 0 Å². The molecule has 0 aromatic carbocycles. The second-order valence-corrected chi connectivity index (χ2v) is 31.0. The van der Waals surface area contributed by atoms with E-state index in [4.69, 9.17) is 80.5 Å². The molecule has 9 aliphatic rings. The molecular weight excluding hydrogens is 1700 g/mol. The number of carboxylic acid groups (broad SMARTS) is 2. The zero-order valence-corrected chi connectivity index (χ0v) is 66.1. The molecule has 0 spiro atoms. The predicted molar refractivity (Wildman–Crippen MR) is 378 cm³/mol. The van der Waals surface area contributed by atoms with E-state index in [-0.39, 0.29) is 0 Å². The Labute approximate surface area is 699 Å². The first-order chi connectivity index (χ1) is 58.3. The van der Waals surface area contributed by atoms with Crippen LogP contribution in [-0.4, -0.2) is 530 Å². The lowest BCUT2D eigenvalue weighted by atomic mass is 9.88. The first kappa shape index (κ1) is 103. The molecule has 9 heterocycles. The molecular formula is C68H112N4O52. The van der Waals surface area contributed by atoms with Gasteiger partial charge in [0.1, 0.15) is 207 Å². The standard InChI is InChI=1S/C68H112N4O52/c1-16(81)69-31-20(85)5-67(65(104)105,121-51(31)35(89)22(87)7-73)123-54-39(93)26(11-77)110-61(47(54)101)116-49-28(13-79)114-59(33(42(49)96)71-18(3)83)119-56-44(98)37(91)24(9-75)112-63(56)108-15-30-41(95)53(46(100)58(103)109-30)118-64-57(45(99)38(92)25(10-76)113-64)120-60-34(72-19(4)84)43(97)50(29(14-80)115-60)117-62-48(102)55(40(94)27(12-78)111-62)124-68(66(106)107)6-21(86)32(70-17(2)82)52(122-68)36(90)23(88)8-74/h20-64,73-80,85-103H,5-15H2,1-4H3,(H,69,81)(H,70,82)(H,71,83)(H,72,84)(H,104,105)(H,106,107)/t20-,21-,22+,23+,24+,25+,26+,27+,28+,29+,30+,31+,32+,33+,34+,35+,36+,37+,38+,39-,40-,41+,42+,43+,44-,45-,46-,47+,48+,49+,50+,51+,52+,53-,54-,55-,56-,57-,58?,59-,60-,61-,62-,63-,64+,67-,68-/m0/s1. The number of aliphatic hydroxyl groups is 27. The Hall–Kier alpha value is -4.94. The maximum Gasteiger partial charge on any atom is 0.364 e. The van der Waals surface area contributed by atoms with Crippen LogP contribution in [0.5, 0.6) is 0 Å². The van der Waals surface area contributed by atoms with Gasteiger partial charge >= 0.3 is 11.9 Å². The van der Waals surface area contributed by atoms with Crippen molar-refractivity contribution in [2.75, 3.05) is 59.5 Å². The van der Waals surface area contributed by atoms with Crippen LogP contribution in [0, 0.1) is 0 Å². The highest BCUT2D eigenvalue weighted by Gasteiger charge is 2.65. The molecule has 9 aliphatic heterocycles. The van der Waals surface area contributed by atoms with Crippen molar-refractivity contribution in [1.29, 1.82) is 0 Å². The van der Waals surface area contributed by atoms with E-state index in [1.54, 1.807) is 0 Å². The van der Waals surface area contributed by atoms with Gasteiger partial charge in [0.25, 0.3) is 11.6 Å².